The number of anilines is 1. The molecule has 2 atom stereocenters. The monoisotopic (exact) mass is 571 g/mol. The van der Waals surface area contributed by atoms with E-state index >= 15 is 0 Å². The van der Waals surface area contributed by atoms with Crippen molar-refractivity contribution in [3.63, 3.8) is 0 Å². The van der Waals surface area contributed by atoms with Gasteiger partial charge in [-0.2, -0.15) is 5.26 Å². The Morgan fingerprint density at radius 2 is 1.93 bits per heavy atom. The molecule has 0 radical (unpaired) electrons. The number of piperazine rings is 1. The zero-order chi connectivity index (χ0) is 29.6. The van der Waals surface area contributed by atoms with E-state index in [2.05, 4.69) is 25.8 Å². The van der Waals surface area contributed by atoms with Crippen LogP contribution in [-0.4, -0.2) is 75.9 Å². The maximum Gasteiger partial charge on any atom is 0.410 e. The lowest BCUT2D eigenvalue weighted by Crippen LogP contribution is -2.50. The summed E-state index contributed by atoms with van der Waals surface area (Å²) in [7, 11) is 0. The molecule has 42 heavy (non-hydrogen) atoms. The van der Waals surface area contributed by atoms with Crippen LogP contribution in [0.5, 0.6) is 5.88 Å². The van der Waals surface area contributed by atoms with Crippen molar-refractivity contribution in [1.82, 2.24) is 24.8 Å². The predicted octanol–water partition coefficient (Wildman–Crippen LogP) is 4.27. The van der Waals surface area contributed by atoms with Gasteiger partial charge in [-0.1, -0.05) is 6.07 Å². The van der Waals surface area contributed by atoms with Gasteiger partial charge in [0.25, 0.3) is 0 Å². The Labute approximate surface area is 245 Å². The third kappa shape index (κ3) is 5.71. The second kappa shape index (κ2) is 10.8. The van der Waals surface area contributed by atoms with Crippen LogP contribution in [0.25, 0.3) is 22.3 Å². The molecule has 0 bridgehead atoms. The minimum absolute atomic E-state index is 0.0423. The summed E-state index contributed by atoms with van der Waals surface area (Å²) < 4.78 is 14.1. The van der Waals surface area contributed by atoms with E-state index in [1.54, 1.807) is 4.90 Å². The van der Waals surface area contributed by atoms with Crippen molar-refractivity contribution in [3.8, 4) is 23.2 Å². The van der Waals surface area contributed by atoms with Crippen LogP contribution in [0, 0.1) is 17.2 Å². The van der Waals surface area contributed by atoms with Crippen LogP contribution in [0.15, 0.2) is 30.6 Å². The average molecular weight is 572 g/mol. The van der Waals surface area contributed by atoms with Gasteiger partial charge in [-0.25, -0.2) is 14.8 Å². The van der Waals surface area contributed by atoms with Gasteiger partial charge in [0.05, 0.1) is 28.8 Å². The molecule has 0 spiro atoms. The summed E-state index contributed by atoms with van der Waals surface area (Å²) in [4.78, 5) is 37.8. The fraction of sp³-hybridized carbons (Fsp3) is 0.516. The Morgan fingerprint density at radius 1 is 1.17 bits per heavy atom. The van der Waals surface area contributed by atoms with E-state index in [-0.39, 0.29) is 24.0 Å². The zero-order valence-corrected chi connectivity index (χ0v) is 24.6. The number of rotatable bonds is 6. The number of imidazole rings is 1. The number of aromatic nitrogens is 3. The van der Waals surface area contributed by atoms with Gasteiger partial charge >= 0.3 is 6.09 Å². The molecule has 4 heterocycles. The Bertz CT molecular complexity index is 1560. The highest BCUT2D eigenvalue weighted by Crippen LogP contribution is 2.41. The van der Waals surface area contributed by atoms with E-state index in [1.165, 1.54) is 0 Å². The van der Waals surface area contributed by atoms with Crippen LogP contribution in [0.2, 0.25) is 0 Å². The highest BCUT2D eigenvalue weighted by atomic mass is 16.6. The molecule has 3 aliphatic rings. The van der Waals surface area contributed by atoms with Gasteiger partial charge in [-0.15, -0.1) is 0 Å². The molecule has 2 aliphatic heterocycles. The van der Waals surface area contributed by atoms with Crippen LogP contribution >= 0.6 is 0 Å². The predicted molar refractivity (Wildman–Crippen MR) is 157 cm³/mol. The van der Waals surface area contributed by atoms with Gasteiger partial charge < -0.3 is 29.2 Å². The molecule has 11 heteroatoms. The summed E-state index contributed by atoms with van der Waals surface area (Å²) in [5.74, 6) is 0.607. The van der Waals surface area contributed by atoms with E-state index in [1.807, 2.05) is 58.3 Å². The lowest BCUT2D eigenvalue weighted by Gasteiger charge is -2.37. The van der Waals surface area contributed by atoms with Crippen molar-refractivity contribution in [1.29, 1.82) is 5.26 Å². The topological polar surface area (TPSA) is 126 Å². The molecular formula is C31H37N7O4. The summed E-state index contributed by atoms with van der Waals surface area (Å²) in [5.41, 5.74) is 3.94. The number of ether oxygens (including phenoxy) is 2. The lowest BCUT2D eigenvalue weighted by molar-refractivity contribution is -0.119. The molecule has 1 aliphatic carbocycles. The molecule has 2 amide bonds. The van der Waals surface area contributed by atoms with Gasteiger partial charge in [0.15, 0.2) is 0 Å². The lowest BCUT2D eigenvalue weighted by atomic mass is 10.0. The Kier molecular flexibility index (Phi) is 7.17. The quantitative estimate of drug-likeness (QED) is 0.465. The van der Waals surface area contributed by atoms with E-state index in [0.717, 1.165) is 35.1 Å². The second-order valence-corrected chi connectivity index (χ2v) is 12.5. The third-order valence-electron chi connectivity index (χ3n) is 8.12. The van der Waals surface area contributed by atoms with Crippen molar-refractivity contribution < 1.29 is 19.1 Å². The molecule has 220 valence electrons. The van der Waals surface area contributed by atoms with Crippen molar-refractivity contribution in [2.45, 2.75) is 64.7 Å². The number of nitrogens with zero attached hydrogens (tertiary/aromatic N) is 6. The molecule has 6 rings (SSSR count). The number of hydrogen-bond acceptors (Lipinski definition) is 8. The molecule has 3 aromatic rings. The van der Waals surface area contributed by atoms with Crippen LogP contribution in [0.4, 0.5) is 10.5 Å². The highest BCUT2D eigenvalue weighted by molar-refractivity contribution is 5.85. The number of carbonyl (C=O) groups is 2. The second-order valence-electron chi connectivity index (χ2n) is 12.5. The number of benzene rings is 1. The van der Waals surface area contributed by atoms with Gasteiger partial charge in [0.1, 0.15) is 23.3 Å². The summed E-state index contributed by atoms with van der Waals surface area (Å²) in [5, 5.41) is 13.0. The largest absolute Gasteiger partial charge is 0.473 e. The minimum atomic E-state index is -0.541. The number of nitriles is 1. The third-order valence-corrected chi connectivity index (χ3v) is 8.12. The Morgan fingerprint density at radius 3 is 2.57 bits per heavy atom. The number of pyridine rings is 1. The first-order valence-corrected chi connectivity index (χ1v) is 14.7. The average Bonchev–Trinajstić information content (AvgIpc) is 3.56. The van der Waals surface area contributed by atoms with Gasteiger partial charge in [-0.05, 0) is 58.7 Å². The SMILES string of the molecule is C[C@@H](Oc1nc(-c2ccc(N3CCN(C(=O)OC(C)(C)C)CC3)c(C#N)c2)cc2ncn(C3CC3)c12)[C@H]1CNC(=O)C1. The van der Waals surface area contributed by atoms with Crippen LogP contribution in [0.1, 0.15) is 58.6 Å². The van der Waals surface area contributed by atoms with E-state index < -0.39 is 5.60 Å². The normalized spacial score (nSPS) is 19.9. The molecule has 0 unspecified atom stereocenters. The molecular weight excluding hydrogens is 534 g/mol. The zero-order valence-electron chi connectivity index (χ0n) is 24.6. The number of hydrogen-bond donors (Lipinski definition) is 1. The van der Waals surface area contributed by atoms with Crippen LogP contribution in [0.3, 0.4) is 0 Å². The van der Waals surface area contributed by atoms with Gasteiger partial charge in [0, 0.05) is 56.7 Å². The van der Waals surface area contributed by atoms with Crippen LogP contribution < -0.4 is 15.0 Å². The molecule has 2 saturated heterocycles. The van der Waals surface area contributed by atoms with Crippen LogP contribution in [-0.2, 0) is 9.53 Å². The number of nitrogens with one attached hydrogen (secondary N) is 1. The smallest absolute Gasteiger partial charge is 0.410 e. The Hall–Kier alpha value is -4.33. The number of amides is 2. The summed E-state index contributed by atoms with van der Waals surface area (Å²) in [6.07, 6.45) is 3.96. The van der Waals surface area contributed by atoms with Crippen molar-refractivity contribution >= 4 is 28.7 Å². The highest BCUT2D eigenvalue weighted by Gasteiger charge is 2.32. The van der Waals surface area contributed by atoms with Crippen molar-refractivity contribution in [2.75, 3.05) is 37.6 Å². The van der Waals surface area contributed by atoms with Crippen molar-refractivity contribution in [2.24, 2.45) is 5.92 Å². The maximum absolute atomic E-state index is 12.5. The van der Waals surface area contributed by atoms with E-state index in [0.29, 0.717) is 62.3 Å². The van der Waals surface area contributed by atoms with Gasteiger partial charge in [0.2, 0.25) is 11.8 Å². The standard InChI is InChI=1S/C31H37N7O4/c1-19(22-14-27(39)33-17-22)41-29-28-25(34-18-38(28)23-6-7-23)15-24(35-29)20-5-8-26(21(13-20)16-32)36-9-11-37(12-10-36)30(40)42-31(2,3)4/h5,8,13,15,18-19,22-23H,6-7,9-12,14,17H2,1-4H3,(H,33,39)/t19-,22-/m1/s1. The number of carbonyl (C=O) groups excluding carboxylic acids is 2. The fourth-order valence-electron chi connectivity index (χ4n) is 5.63. The molecule has 2 aromatic heterocycles. The summed E-state index contributed by atoms with van der Waals surface area (Å²) >= 11 is 0. The first-order chi connectivity index (χ1) is 20.1. The first-order valence-electron chi connectivity index (χ1n) is 14.7. The van der Waals surface area contributed by atoms with E-state index in [4.69, 9.17) is 14.5 Å². The minimum Gasteiger partial charge on any atom is -0.473 e. The first kappa shape index (κ1) is 27.8. The summed E-state index contributed by atoms with van der Waals surface area (Å²) in [6, 6.07) is 10.5. The number of fused-ring (bicyclic) bond motifs is 1. The summed E-state index contributed by atoms with van der Waals surface area (Å²) in [6.45, 7) is 10.4. The van der Waals surface area contributed by atoms with Crippen molar-refractivity contribution in [3.05, 3.63) is 36.2 Å². The Balaban J connectivity index is 1.26. The molecule has 1 N–H and O–H groups in total. The molecule has 1 aromatic carbocycles. The molecule has 1 saturated carbocycles. The molecule has 3 fully saturated rings. The van der Waals surface area contributed by atoms with E-state index in [9.17, 15) is 14.9 Å². The van der Waals surface area contributed by atoms with Gasteiger partial charge in [-0.3, -0.25) is 4.79 Å². The maximum atomic E-state index is 12.5. The fourth-order valence-corrected chi connectivity index (χ4v) is 5.63. The molecule has 11 nitrogen and oxygen atoms in total.